The molecule has 1 atom stereocenters. The van der Waals surface area contributed by atoms with Crippen LogP contribution in [0.2, 0.25) is 0 Å². The fourth-order valence-corrected chi connectivity index (χ4v) is 5.98. The molecule has 1 unspecified atom stereocenters. The molecule has 0 bridgehead atoms. The second-order valence-corrected chi connectivity index (χ2v) is 14.6. The van der Waals surface area contributed by atoms with Gasteiger partial charge in [0.15, 0.2) is 6.73 Å². The Morgan fingerprint density at radius 3 is 2.02 bits per heavy atom. The average molecular weight is 688 g/mol. The van der Waals surface area contributed by atoms with Gasteiger partial charge >= 0.3 is 19.9 Å². The number of piperazine rings is 1. The van der Waals surface area contributed by atoms with E-state index >= 15 is 0 Å². The van der Waals surface area contributed by atoms with Gasteiger partial charge in [-0.15, -0.1) is 0 Å². The zero-order valence-corrected chi connectivity index (χ0v) is 27.8. The molecule has 0 radical (unpaired) electrons. The van der Waals surface area contributed by atoms with Crippen LogP contribution in [0.4, 0.5) is 37.8 Å². The Morgan fingerprint density at radius 2 is 1.51 bits per heavy atom. The summed E-state index contributed by atoms with van der Waals surface area (Å²) in [5.41, 5.74) is -2.69. The highest BCUT2D eigenvalue weighted by molar-refractivity contribution is 7.51. The van der Waals surface area contributed by atoms with E-state index in [4.69, 9.17) is 4.52 Å². The van der Waals surface area contributed by atoms with Crippen molar-refractivity contribution in [2.75, 3.05) is 63.5 Å². The lowest BCUT2D eigenvalue weighted by atomic mass is 9.81. The van der Waals surface area contributed by atoms with Crippen molar-refractivity contribution < 1.29 is 49.6 Å². The summed E-state index contributed by atoms with van der Waals surface area (Å²) in [6.07, 6.45) is -8.65. The molecule has 15 heteroatoms. The molecule has 8 nitrogen and oxygen atoms in total. The summed E-state index contributed by atoms with van der Waals surface area (Å²) in [5, 5.41) is 0. The van der Waals surface area contributed by atoms with Crippen molar-refractivity contribution in [2.45, 2.75) is 38.5 Å². The Morgan fingerprint density at radius 1 is 0.979 bits per heavy atom. The van der Waals surface area contributed by atoms with Crippen LogP contribution in [0, 0.1) is 6.92 Å². The van der Waals surface area contributed by atoms with Crippen LogP contribution in [0.5, 0.6) is 0 Å². The lowest BCUT2D eigenvalue weighted by molar-refractivity contribution is -0.925. The molecule has 1 aliphatic rings. The maximum absolute atomic E-state index is 14.0. The Balaban J connectivity index is 1.71. The highest BCUT2D eigenvalue weighted by Crippen LogP contribution is 2.42. The van der Waals surface area contributed by atoms with E-state index in [0.717, 1.165) is 17.8 Å². The standard InChI is InChI=1S/C32H37F6N4O4P/c1-21-9-7-8-10-25(21)26-18-28(41-11-13-42(5,14-12-41)20-46-47(6,44)45)39-19-27(26)40(4)29(43)30(2,3)22-15-23(31(33,34)35)17-24(16-22)32(36,37)38/h7-10,15-19H,11-14,20H2,1-6H3/p+1. The van der Waals surface area contributed by atoms with Crippen molar-refractivity contribution in [3.63, 3.8) is 0 Å². The topological polar surface area (TPSA) is 83.0 Å². The molecular weight excluding hydrogens is 649 g/mol. The van der Waals surface area contributed by atoms with Crippen LogP contribution in [0.25, 0.3) is 11.1 Å². The number of anilines is 2. The maximum Gasteiger partial charge on any atom is 0.416 e. The van der Waals surface area contributed by atoms with E-state index in [1.54, 1.807) is 6.07 Å². The van der Waals surface area contributed by atoms with Gasteiger partial charge < -0.3 is 19.2 Å². The predicted octanol–water partition coefficient (Wildman–Crippen LogP) is 7.09. The van der Waals surface area contributed by atoms with Gasteiger partial charge in [0.1, 0.15) is 5.82 Å². The fourth-order valence-electron chi connectivity index (χ4n) is 5.49. The molecule has 1 saturated heterocycles. The highest BCUT2D eigenvalue weighted by Gasteiger charge is 2.41. The molecule has 1 N–H and O–H groups in total. The van der Waals surface area contributed by atoms with Crippen molar-refractivity contribution >= 4 is 25.0 Å². The van der Waals surface area contributed by atoms with Crippen LogP contribution < -0.4 is 9.80 Å². The number of carbonyl (C=O) groups is 1. The first-order valence-electron chi connectivity index (χ1n) is 14.7. The molecule has 3 aromatic rings. The quantitative estimate of drug-likeness (QED) is 0.155. The van der Waals surface area contributed by atoms with Crippen LogP contribution in [-0.4, -0.2) is 73.9 Å². The molecule has 1 fully saturated rings. The van der Waals surface area contributed by atoms with E-state index < -0.39 is 48.0 Å². The van der Waals surface area contributed by atoms with E-state index in [9.17, 15) is 40.6 Å². The van der Waals surface area contributed by atoms with Crippen molar-refractivity contribution in [2.24, 2.45) is 0 Å². The minimum Gasteiger partial charge on any atom is -0.345 e. The van der Waals surface area contributed by atoms with Crippen molar-refractivity contribution in [1.82, 2.24) is 4.98 Å². The number of alkyl halides is 6. The third-order valence-electron chi connectivity index (χ3n) is 8.57. The van der Waals surface area contributed by atoms with Gasteiger partial charge in [-0.25, -0.2) is 4.98 Å². The molecule has 256 valence electrons. The van der Waals surface area contributed by atoms with Gasteiger partial charge in [0.25, 0.3) is 0 Å². The Bertz CT molecular complexity index is 1650. The first-order valence-corrected chi connectivity index (χ1v) is 16.7. The number of hydrogen-bond acceptors (Lipinski definition) is 5. The van der Waals surface area contributed by atoms with Crippen molar-refractivity contribution in [1.29, 1.82) is 0 Å². The molecule has 0 aliphatic carbocycles. The van der Waals surface area contributed by atoms with E-state index in [0.29, 0.717) is 59.9 Å². The maximum atomic E-state index is 14.0. The number of hydrogen-bond donors (Lipinski definition) is 1. The second kappa shape index (κ2) is 12.9. The van der Waals surface area contributed by atoms with Crippen LogP contribution in [0.3, 0.4) is 0 Å². The molecule has 47 heavy (non-hydrogen) atoms. The number of pyridine rings is 1. The highest BCUT2D eigenvalue weighted by atomic mass is 31.2. The number of benzene rings is 2. The smallest absolute Gasteiger partial charge is 0.345 e. The number of aryl methyl sites for hydroxylation is 1. The molecule has 1 amide bonds. The normalized spacial score (nSPS) is 16.9. The summed E-state index contributed by atoms with van der Waals surface area (Å²) in [4.78, 5) is 31.4. The Hall–Kier alpha value is -3.45. The van der Waals surface area contributed by atoms with Crippen molar-refractivity contribution in [3.8, 4) is 11.1 Å². The molecule has 2 aromatic carbocycles. The van der Waals surface area contributed by atoms with Crippen LogP contribution in [0.15, 0.2) is 54.7 Å². The summed E-state index contributed by atoms with van der Waals surface area (Å²) in [6.45, 7) is 7.92. The van der Waals surface area contributed by atoms with Gasteiger partial charge in [0, 0.05) is 19.3 Å². The van der Waals surface area contributed by atoms with Crippen molar-refractivity contribution in [3.05, 3.63) is 77.0 Å². The van der Waals surface area contributed by atoms with E-state index in [-0.39, 0.29) is 12.8 Å². The third-order valence-corrected chi connectivity index (χ3v) is 9.16. The summed E-state index contributed by atoms with van der Waals surface area (Å²) >= 11 is 0. The molecule has 4 rings (SSSR count). The third kappa shape index (κ3) is 8.35. The number of likely N-dealkylation sites (N-methyl/N-ethyl adjacent to an activating group) is 2. The number of aromatic nitrogens is 1. The van der Waals surface area contributed by atoms with Gasteiger partial charge in [-0.3, -0.25) is 13.9 Å². The lowest BCUT2D eigenvalue weighted by Crippen LogP contribution is -2.58. The largest absolute Gasteiger partial charge is 0.416 e. The number of nitrogens with zero attached hydrogens (tertiary/aromatic N) is 4. The molecular formula is C32H38F6N4O4P+. The summed E-state index contributed by atoms with van der Waals surface area (Å²) in [5.74, 6) is -0.146. The van der Waals surface area contributed by atoms with Crippen LogP contribution in [0.1, 0.15) is 36.1 Å². The molecule has 0 spiro atoms. The minimum atomic E-state index is -5.06. The van der Waals surface area contributed by atoms with Gasteiger partial charge in [0.05, 0.1) is 61.7 Å². The molecule has 1 aliphatic heterocycles. The van der Waals surface area contributed by atoms with Gasteiger partial charge in [-0.1, -0.05) is 24.3 Å². The number of halogens is 6. The SMILES string of the molecule is Cc1ccccc1-c1cc(N2CC[N+](C)(COP(C)(=O)O)CC2)ncc1N(C)C(=O)C(C)(C)c1cc(C(F)(F)F)cc(C(F)(F)F)c1. The average Bonchev–Trinajstić information content (AvgIpc) is 2.98. The lowest BCUT2D eigenvalue weighted by Gasteiger charge is -2.42. The monoisotopic (exact) mass is 687 g/mol. The van der Waals surface area contributed by atoms with E-state index in [2.05, 4.69) is 4.98 Å². The summed E-state index contributed by atoms with van der Waals surface area (Å²) < 4.78 is 99.1. The second-order valence-electron chi connectivity index (χ2n) is 12.8. The zero-order chi connectivity index (χ0) is 35.2. The van der Waals surface area contributed by atoms with E-state index in [1.807, 2.05) is 43.1 Å². The van der Waals surface area contributed by atoms with Gasteiger partial charge in [-0.05, 0) is 61.7 Å². The van der Waals surface area contributed by atoms with Gasteiger partial charge in [-0.2, -0.15) is 26.3 Å². The van der Waals surface area contributed by atoms with Crippen LogP contribution >= 0.6 is 7.60 Å². The Labute approximate surface area is 269 Å². The summed E-state index contributed by atoms with van der Waals surface area (Å²) in [6, 6.07) is 10.4. The molecule has 2 heterocycles. The number of amides is 1. The number of quaternary nitrogens is 1. The molecule has 0 saturated carbocycles. The van der Waals surface area contributed by atoms with E-state index in [1.165, 1.54) is 32.0 Å². The van der Waals surface area contributed by atoms with Gasteiger partial charge in [0.2, 0.25) is 5.91 Å². The fraction of sp³-hybridized carbons (Fsp3) is 0.438. The Kier molecular flexibility index (Phi) is 9.96. The number of carbonyl (C=O) groups excluding carboxylic acids is 1. The summed E-state index contributed by atoms with van der Waals surface area (Å²) in [7, 11) is -0.304. The zero-order valence-electron chi connectivity index (χ0n) is 26.9. The first-order chi connectivity index (χ1) is 21.5. The number of rotatable bonds is 8. The predicted molar refractivity (Wildman–Crippen MR) is 167 cm³/mol. The van der Waals surface area contributed by atoms with Crippen LogP contribution in [-0.2, 0) is 31.7 Å². The minimum absolute atomic E-state index is 0.0383. The molecule has 1 aromatic heterocycles. The first kappa shape index (κ1) is 36.4.